The molecule has 9 nitrogen and oxygen atoms in total. The lowest BCUT2D eigenvalue weighted by atomic mass is 10.0. The largest absolute Gasteiger partial charge is 0.478 e. The minimum absolute atomic E-state index is 0.219. The SMILES string of the molecule is CC#CCC(C)(Oc1cc(Oc2nn(C)c(C(F)(F)F)c2Cl)ccc1[N+](=O)[O-])C(=O)O. The number of nitro benzene ring substituents is 1. The van der Waals surface area contributed by atoms with Crippen molar-refractivity contribution in [2.75, 3.05) is 0 Å². The molecular formula is C18H15ClF3N3O6. The summed E-state index contributed by atoms with van der Waals surface area (Å²) < 4.78 is 50.3. The van der Waals surface area contributed by atoms with Crippen LogP contribution in [-0.4, -0.2) is 31.4 Å². The summed E-state index contributed by atoms with van der Waals surface area (Å²) in [5.74, 6) is 2.29. The van der Waals surface area contributed by atoms with Gasteiger partial charge in [-0.15, -0.1) is 11.0 Å². The first-order valence-corrected chi connectivity index (χ1v) is 8.76. The zero-order valence-corrected chi connectivity index (χ0v) is 17.0. The third-order valence-corrected chi connectivity index (χ3v) is 4.30. The number of hydrogen-bond acceptors (Lipinski definition) is 6. The summed E-state index contributed by atoms with van der Waals surface area (Å²) in [6, 6.07) is 2.98. The second-order valence-corrected chi connectivity index (χ2v) is 6.70. The van der Waals surface area contributed by atoms with Gasteiger partial charge in [0, 0.05) is 19.2 Å². The molecule has 13 heteroatoms. The number of benzene rings is 1. The Balaban J connectivity index is 2.48. The van der Waals surface area contributed by atoms with E-state index in [1.165, 1.54) is 13.8 Å². The highest BCUT2D eigenvalue weighted by Crippen LogP contribution is 2.41. The number of rotatable bonds is 7. The fourth-order valence-corrected chi connectivity index (χ4v) is 2.71. The second kappa shape index (κ2) is 8.73. The highest BCUT2D eigenvalue weighted by Gasteiger charge is 2.40. The lowest BCUT2D eigenvalue weighted by Crippen LogP contribution is -2.41. The van der Waals surface area contributed by atoms with Gasteiger partial charge < -0.3 is 14.6 Å². The van der Waals surface area contributed by atoms with Crippen LogP contribution in [0.15, 0.2) is 18.2 Å². The summed E-state index contributed by atoms with van der Waals surface area (Å²) in [6.07, 6.45) is -5.09. The van der Waals surface area contributed by atoms with E-state index in [1.807, 2.05) is 0 Å². The molecule has 2 rings (SSSR count). The predicted octanol–water partition coefficient (Wildman–Crippen LogP) is 4.43. The Morgan fingerprint density at radius 2 is 2.06 bits per heavy atom. The Bertz CT molecular complexity index is 1090. The zero-order valence-electron chi connectivity index (χ0n) is 16.3. The van der Waals surface area contributed by atoms with E-state index in [0.29, 0.717) is 4.68 Å². The first-order chi connectivity index (χ1) is 14.3. The van der Waals surface area contributed by atoms with Crippen molar-refractivity contribution in [3.8, 4) is 29.2 Å². The van der Waals surface area contributed by atoms with Crippen LogP contribution in [0, 0.1) is 22.0 Å². The average molecular weight is 462 g/mol. The molecule has 0 saturated carbocycles. The van der Waals surface area contributed by atoms with Crippen LogP contribution < -0.4 is 9.47 Å². The molecule has 0 amide bonds. The van der Waals surface area contributed by atoms with Gasteiger partial charge in [0.1, 0.15) is 10.8 Å². The standard InChI is InChI=1S/C18H15ClF3N3O6/c1-4-5-8-17(2,16(26)27)31-12-9-10(6-7-11(12)25(28)29)30-15-13(19)14(18(20,21)22)24(3)23-15/h6-7,9H,8H2,1-3H3,(H,26,27). The van der Waals surface area contributed by atoms with Gasteiger partial charge in [-0.05, 0) is 19.9 Å². The molecule has 166 valence electrons. The number of aryl methyl sites for hydroxylation is 1. The number of aromatic nitrogens is 2. The number of carboxylic acids is 1. The van der Waals surface area contributed by atoms with E-state index in [0.717, 1.165) is 25.2 Å². The molecule has 0 radical (unpaired) electrons. The van der Waals surface area contributed by atoms with Crippen molar-refractivity contribution in [3.63, 3.8) is 0 Å². The van der Waals surface area contributed by atoms with Crippen molar-refractivity contribution >= 4 is 23.3 Å². The molecule has 0 aliphatic heterocycles. The number of halogens is 4. The van der Waals surface area contributed by atoms with Crippen LogP contribution in [0.1, 0.15) is 26.0 Å². The Kier molecular flexibility index (Phi) is 6.70. The molecule has 0 bridgehead atoms. The summed E-state index contributed by atoms with van der Waals surface area (Å²) in [5.41, 5.74) is -3.79. The van der Waals surface area contributed by atoms with Gasteiger partial charge in [0.15, 0.2) is 5.69 Å². The third kappa shape index (κ3) is 5.18. The van der Waals surface area contributed by atoms with Crippen molar-refractivity contribution < 1.29 is 37.5 Å². The van der Waals surface area contributed by atoms with Crippen LogP contribution in [-0.2, 0) is 18.0 Å². The monoisotopic (exact) mass is 461 g/mol. The molecule has 0 saturated heterocycles. The molecular weight excluding hydrogens is 447 g/mol. The van der Waals surface area contributed by atoms with E-state index in [4.69, 9.17) is 21.1 Å². The van der Waals surface area contributed by atoms with Crippen LogP contribution in [0.3, 0.4) is 0 Å². The Morgan fingerprint density at radius 3 is 2.55 bits per heavy atom. The van der Waals surface area contributed by atoms with Gasteiger partial charge in [-0.3, -0.25) is 14.8 Å². The molecule has 1 unspecified atom stereocenters. The van der Waals surface area contributed by atoms with Gasteiger partial charge >= 0.3 is 17.8 Å². The minimum Gasteiger partial charge on any atom is -0.478 e. The van der Waals surface area contributed by atoms with Crippen LogP contribution in [0.4, 0.5) is 18.9 Å². The van der Waals surface area contributed by atoms with E-state index in [-0.39, 0.29) is 12.2 Å². The number of alkyl halides is 3. The van der Waals surface area contributed by atoms with Crippen molar-refractivity contribution in [3.05, 3.63) is 39.0 Å². The molecule has 0 aliphatic rings. The summed E-state index contributed by atoms with van der Waals surface area (Å²) in [6.45, 7) is 2.65. The summed E-state index contributed by atoms with van der Waals surface area (Å²) in [5, 5.41) is 23.5. The molecule has 2 aromatic rings. The first-order valence-electron chi connectivity index (χ1n) is 8.38. The summed E-state index contributed by atoms with van der Waals surface area (Å²) in [7, 11) is 1.01. The normalized spacial score (nSPS) is 13.0. The van der Waals surface area contributed by atoms with E-state index in [1.54, 1.807) is 0 Å². The van der Waals surface area contributed by atoms with Gasteiger partial charge in [-0.25, -0.2) is 4.79 Å². The van der Waals surface area contributed by atoms with Crippen LogP contribution in [0.5, 0.6) is 17.4 Å². The number of nitro groups is 1. The van der Waals surface area contributed by atoms with Gasteiger partial charge in [0.25, 0.3) is 5.88 Å². The quantitative estimate of drug-likeness (QED) is 0.368. The topological polar surface area (TPSA) is 117 Å². The number of hydrogen-bond donors (Lipinski definition) is 1. The molecule has 31 heavy (non-hydrogen) atoms. The lowest BCUT2D eigenvalue weighted by molar-refractivity contribution is -0.386. The maximum absolute atomic E-state index is 13.1. The Morgan fingerprint density at radius 1 is 1.42 bits per heavy atom. The van der Waals surface area contributed by atoms with E-state index in [9.17, 15) is 33.2 Å². The van der Waals surface area contributed by atoms with Crippen molar-refractivity contribution in [2.45, 2.75) is 32.0 Å². The van der Waals surface area contributed by atoms with Gasteiger partial charge in [-0.2, -0.15) is 13.2 Å². The number of carboxylic acid groups (broad SMARTS) is 1. The van der Waals surface area contributed by atoms with Crippen molar-refractivity contribution in [1.82, 2.24) is 9.78 Å². The van der Waals surface area contributed by atoms with E-state index >= 15 is 0 Å². The number of aliphatic carboxylic acids is 1. The molecule has 0 fully saturated rings. The molecule has 1 N–H and O–H groups in total. The minimum atomic E-state index is -4.80. The number of ether oxygens (including phenoxy) is 2. The van der Waals surface area contributed by atoms with Gasteiger partial charge in [0.2, 0.25) is 11.4 Å². The molecule has 0 spiro atoms. The molecule has 1 heterocycles. The smallest absolute Gasteiger partial charge is 0.434 e. The van der Waals surface area contributed by atoms with Crippen LogP contribution in [0.25, 0.3) is 0 Å². The molecule has 1 atom stereocenters. The maximum Gasteiger partial charge on any atom is 0.434 e. The van der Waals surface area contributed by atoms with Crippen molar-refractivity contribution in [1.29, 1.82) is 0 Å². The summed E-state index contributed by atoms with van der Waals surface area (Å²) >= 11 is 5.73. The molecule has 0 aliphatic carbocycles. The van der Waals surface area contributed by atoms with E-state index < -0.39 is 50.7 Å². The Labute approximate surface area is 178 Å². The first kappa shape index (κ1) is 23.8. The Hall–Kier alpha value is -3.46. The van der Waals surface area contributed by atoms with Crippen LogP contribution >= 0.6 is 11.6 Å². The maximum atomic E-state index is 13.1. The fraction of sp³-hybridized carbons (Fsp3) is 0.333. The lowest BCUT2D eigenvalue weighted by Gasteiger charge is -2.24. The van der Waals surface area contributed by atoms with E-state index in [2.05, 4.69) is 16.9 Å². The highest BCUT2D eigenvalue weighted by molar-refractivity contribution is 6.32. The summed E-state index contributed by atoms with van der Waals surface area (Å²) in [4.78, 5) is 22.1. The van der Waals surface area contributed by atoms with Crippen LogP contribution in [0.2, 0.25) is 5.02 Å². The molecule has 1 aromatic heterocycles. The fourth-order valence-electron chi connectivity index (χ4n) is 2.40. The predicted molar refractivity (Wildman–Crippen MR) is 101 cm³/mol. The highest BCUT2D eigenvalue weighted by atomic mass is 35.5. The van der Waals surface area contributed by atoms with Crippen molar-refractivity contribution in [2.24, 2.45) is 7.05 Å². The number of nitrogens with zero attached hydrogens (tertiary/aromatic N) is 3. The zero-order chi connectivity index (χ0) is 23.6. The van der Waals surface area contributed by atoms with Gasteiger partial charge in [0.05, 0.1) is 11.3 Å². The second-order valence-electron chi connectivity index (χ2n) is 6.32. The average Bonchev–Trinajstić information content (AvgIpc) is 2.93. The third-order valence-electron chi connectivity index (χ3n) is 3.96. The number of carbonyl (C=O) groups is 1. The molecule has 1 aromatic carbocycles. The van der Waals surface area contributed by atoms with Gasteiger partial charge in [-0.1, -0.05) is 17.5 Å².